The van der Waals surface area contributed by atoms with E-state index in [1.807, 2.05) is 49.3 Å². The van der Waals surface area contributed by atoms with Gasteiger partial charge in [-0.25, -0.2) is 9.00 Å². The second-order valence-corrected chi connectivity index (χ2v) is 7.30. The van der Waals surface area contributed by atoms with E-state index in [2.05, 4.69) is 9.46 Å². The summed E-state index contributed by atoms with van der Waals surface area (Å²) in [5, 5.41) is 11.9. The Hall–Kier alpha value is -3.06. The first kappa shape index (κ1) is 18.7. The van der Waals surface area contributed by atoms with Crippen molar-refractivity contribution in [3.8, 4) is 5.75 Å². The number of nitrogens with one attached hydrogen (secondary N) is 1. The topological polar surface area (TPSA) is 78.9 Å². The average molecular weight is 384 g/mol. The smallest absolute Gasteiger partial charge is 0.341 e. The van der Waals surface area contributed by atoms with Crippen molar-refractivity contribution in [1.82, 2.24) is 0 Å². The largest absolute Gasteiger partial charge is 0.507 e. The van der Waals surface area contributed by atoms with Crippen molar-refractivity contribution < 1.29 is 18.8 Å². The first-order valence-corrected chi connectivity index (χ1v) is 9.36. The van der Waals surface area contributed by atoms with Gasteiger partial charge in [-0.1, -0.05) is 24.3 Å². The molecule has 140 valence electrons. The number of carbonyl (C=O) groups is 1. The number of fused-ring (bicyclic) bond motifs is 1. The molecule has 0 fully saturated rings. The van der Waals surface area contributed by atoms with Gasteiger partial charge in [-0.15, -0.1) is 0 Å². The Labute approximate surface area is 160 Å². The Morgan fingerprint density at radius 3 is 2.44 bits per heavy atom. The Balaban J connectivity index is 1.94. The molecule has 0 amide bonds. The van der Waals surface area contributed by atoms with Crippen molar-refractivity contribution in [2.24, 2.45) is 0 Å². The number of ether oxygens (including phenoxy) is 1. The molecule has 0 saturated carbocycles. The summed E-state index contributed by atoms with van der Waals surface area (Å²) in [6.45, 7) is 0. The van der Waals surface area contributed by atoms with Gasteiger partial charge in [-0.3, -0.25) is 0 Å². The van der Waals surface area contributed by atoms with Gasteiger partial charge in [0.05, 0.1) is 17.7 Å². The first-order valence-electron chi connectivity index (χ1n) is 8.21. The fourth-order valence-electron chi connectivity index (χ4n) is 2.86. The highest BCUT2D eigenvalue weighted by atomic mass is 32.2. The number of hydrogen-bond acceptors (Lipinski definition) is 5. The molecule has 0 aliphatic carbocycles. The van der Waals surface area contributed by atoms with E-state index < -0.39 is 17.0 Å². The summed E-state index contributed by atoms with van der Waals surface area (Å²) in [7, 11) is 3.61. The van der Waals surface area contributed by atoms with Gasteiger partial charge in [0.15, 0.2) is 11.0 Å². The number of anilines is 2. The van der Waals surface area contributed by atoms with Crippen LogP contribution in [0.2, 0.25) is 0 Å². The standard InChI is InChI=1S/C20H20N2O4S/c1-22(2)17-8-4-7-15-14(17)6-5-9-19(15)27(25)21-13-10-11-16(18(23)12-13)20(24)26-3/h4-12,21,23H,1-3H3. The summed E-state index contributed by atoms with van der Waals surface area (Å²) >= 11 is 0. The molecule has 0 heterocycles. The minimum absolute atomic E-state index is 0.0506. The van der Waals surface area contributed by atoms with Crippen molar-refractivity contribution in [2.75, 3.05) is 30.8 Å². The number of rotatable bonds is 5. The van der Waals surface area contributed by atoms with Crippen molar-refractivity contribution in [2.45, 2.75) is 4.90 Å². The molecule has 0 aliphatic rings. The Morgan fingerprint density at radius 2 is 1.78 bits per heavy atom. The summed E-state index contributed by atoms with van der Waals surface area (Å²) in [6.07, 6.45) is 0. The van der Waals surface area contributed by atoms with Crippen molar-refractivity contribution in [1.29, 1.82) is 0 Å². The Bertz CT molecular complexity index is 1030. The van der Waals surface area contributed by atoms with E-state index >= 15 is 0 Å². The van der Waals surface area contributed by atoms with Gasteiger partial charge >= 0.3 is 5.97 Å². The summed E-state index contributed by atoms with van der Waals surface area (Å²) < 4.78 is 20.4. The SMILES string of the molecule is COC(=O)c1ccc(NS(=O)c2cccc3c(N(C)C)cccc23)cc1O. The number of phenols is 1. The number of carbonyl (C=O) groups excluding carboxylic acids is 1. The van der Waals surface area contributed by atoms with Crippen molar-refractivity contribution in [3.63, 3.8) is 0 Å². The second kappa shape index (κ2) is 7.67. The molecule has 0 radical (unpaired) electrons. The van der Waals surface area contributed by atoms with E-state index in [4.69, 9.17) is 0 Å². The minimum atomic E-state index is -1.55. The molecule has 0 spiro atoms. The molecule has 3 aromatic carbocycles. The molecule has 3 rings (SSSR count). The Morgan fingerprint density at radius 1 is 1.07 bits per heavy atom. The summed E-state index contributed by atoms with van der Waals surface area (Å²) in [5.41, 5.74) is 1.51. The zero-order valence-electron chi connectivity index (χ0n) is 15.2. The highest BCUT2D eigenvalue weighted by Crippen LogP contribution is 2.30. The van der Waals surface area contributed by atoms with Gasteiger partial charge in [0.1, 0.15) is 11.3 Å². The molecule has 7 heteroatoms. The number of hydrogen-bond donors (Lipinski definition) is 2. The molecule has 1 unspecified atom stereocenters. The molecule has 2 N–H and O–H groups in total. The lowest BCUT2D eigenvalue weighted by molar-refractivity contribution is 0.0597. The van der Waals surface area contributed by atoms with E-state index in [1.165, 1.54) is 19.2 Å². The molecule has 0 saturated heterocycles. The van der Waals surface area contributed by atoms with Crippen LogP contribution in [0.25, 0.3) is 10.8 Å². The maximum absolute atomic E-state index is 12.9. The van der Waals surface area contributed by atoms with Crippen LogP contribution in [0.5, 0.6) is 5.75 Å². The average Bonchev–Trinajstić information content (AvgIpc) is 2.66. The van der Waals surface area contributed by atoms with Crippen LogP contribution >= 0.6 is 0 Å². The van der Waals surface area contributed by atoms with Crippen LogP contribution < -0.4 is 9.62 Å². The zero-order valence-corrected chi connectivity index (χ0v) is 16.0. The monoisotopic (exact) mass is 384 g/mol. The third-order valence-electron chi connectivity index (χ3n) is 4.15. The van der Waals surface area contributed by atoms with Crippen molar-refractivity contribution >= 4 is 39.1 Å². The normalized spacial score (nSPS) is 11.8. The summed E-state index contributed by atoms with van der Waals surface area (Å²) in [6, 6.07) is 15.9. The van der Waals surface area contributed by atoms with Crippen LogP contribution in [0.15, 0.2) is 59.5 Å². The van der Waals surface area contributed by atoms with Gasteiger partial charge in [0.2, 0.25) is 0 Å². The van der Waals surface area contributed by atoms with E-state index in [0.29, 0.717) is 10.6 Å². The molecule has 0 aromatic heterocycles. The number of aromatic hydroxyl groups is 1. The van der Waals surface area contributed by atoms with Gasteiger partial charge < -0.3 is 19.5 Å². The predicted octanol–water partition coefficient (Wildman–Crippen LogP) is 3.53. The van der Waals surface area contributed by atoms with E-state index in [0.717, 1.165) is 16.5 Å². The zero-order chi connectivity index (χ0) is 19.6. The lowest BCUT2D eigenvalue weighted by atomic mass is 10.1. The molecule has 3 aromatic rings. The number of phenolic OH excluding ortho intramolecular Hbond substituents is 1. The van der Waals surface area contributed by atoms with E-state index in [1.54, 1.807) is 12.1 Å². The number of esters is 1. The first-order chi connectivity index (χ1) is 12.9. The fourth-order valence-corrected chi connectivity index (χ4v) is 3.89. The molecule has 1 atom stereocenters. The third kappa shape index (κ3) is 3.73. The molecular weight excluding hydrogens is 364 g/mol. The van der Waals surface area contributed by atoms with Gasteiger partial charge in [0.25, 0.3) is 0 Å². The molecule has 0 bridgehead atoms. The maximum Gasteiger partial charge on any atom is 0.341 e. The number of benzene rings is 3. The van der Waals surface area contributed by atoms with E-state index in [-0.39, 0.29) is 11.3 Å². The van der Waals surface area contributed by atoms with E-state index in [9.17, 15) is 14.1 Å². The summed E-state index contributed by atoms with van der Waals surface area (Å²) in [5.74, 6) is -0.873. The third-order valence-corrected chi connectivity index (χ3v) is 5.33. The van der Waals surface area contributed by atoms with Crippen LogP contribution in [0, 0.1) is 0 Å². The van der Waals surface area contributed by atoms with Crippen molar-refractivity contribution in [3.05, 3.63) is 60.2 Å². The summed E-state index contributed by atoms with van der Waals surface area (Å²) in [4.78, 5) is 14.2. The Kier molecular flexibility index (Phi) is 5.32. The van der Waals surface area contributed by atoms with Gasteiger partial charge in [-0.2, -0.15) is 0 Å². The molecular formula is C20H20N2O4S. The van der Waals surface area contributed by atoms with Crippen LogP contribution in [0.3, 0.4) is 0 Å². The quantitative estimate of drug-likeness (QED) is 0.658. The molecule has 27 heavy (non-hydrogen) atoms. The number of nitrogens with zero attached hydrogens (tertiary/aromatic N) is 1. The second-order valence-electron chi connectivity index (χ2n) is 6.12. The van der Waals surface area contributed by atoms with Crippen LogP contribution in [0.1, 0.15) is 10.4 Å². The highest BCUT2D eigenvalue weighted by Gasteiger charge is 2.14. The lowest BCUT2D eigenvalue weighted by Gasteiger charge is -2.17. The predicted molar refractivity (Wildman–Crippen MR) is 108 cm³/mol. The molecule has 6 nitrogen and oxygen atoms in total. The lowest BCUT2D eigenvalue weighted by Crippen LogP contribution is -2.10. The minimum Gasteiger partial charge on any atom is -0.507 e. The fraction of sp³-hybridized carbons (Fsp3) is 0.150. The number of methoxy groups -OCH3 is 1. The van der Waals surface area contributed by atoms with Crippen LogP contribution in [-0.2, 0) is 15.7 Å². The maximum atomic E-state index is 12.9. The van der Waals surface area contributed by atoms with Gasteiger partial charge in [0, 0.05) is 36.6 Å². The van der Waals surface area contributed by atoms with Crippen LogP contribution in [0.4, 0.5) is 11.4 Å². The highest BCUT2D eigenvalue weighted by molar-refractivity contribution is 7.86. The molecule has 0 aliphatic heterocycles. The van der Waals surface area contributed by atoms with Gasteiger partial charge in [-0.05, 0) is 24.3 Å². The van der Waals surface area contributed by atoms with Crippen LogP contribution in [-0.4, -0.2) is 36.5 Å².